The molecule has 1 aromatic rings. The molecule has 0 saturated heterocycles. The molecule has 0 amide bonds. The normalized spacial score (nSPS) is 9.31. The third-order valence-electron chi connectivity index (χ3n) is 2.46. The summed E-state index contributed by atoms with van der Waals surface area (Å²) >= 11 is 0. The van der Waals surface area contributed by atoms with Gasteiger partial charge in [-0.3, -0.25) is 30.3 Å². The highest BCUT2D eigenvalue weighted by atomic mass is 16.9. The van der Waals surface area contributed by atoms with Gasteiger partial charge in [-0.25, -0.2) is 10.1 Å². The van der Waals surface area contributed by atoms with Gasteiger partial charge in [0.25, 0.3) is 16.5 Å². The molecular formula is C9H10N6O11. The molecule has 0 fully saturated rings. The molecule has 0 aliphatic heterocycles. The van der Waals surface area contributed by atoms with E-state index in [0.717, 1.165) is 7.05 Å². The van der Waals surface area contributed by atoms with Crippen LogP contribution < -0.4 is 5.01 Å². The molecule has 142 valence electrons. The second kappa shape index (κ2) is 9.20. The van der Waals surface area contributed by atoms with E-state index in [4.69, 9.17) is 0 Å². The Kier molecular flexibility index (Phi) is 7.72. The topological polar surface area (TPSA) is 228 Å². The quantitative estimate of drug-likeness (QED) is 0.482. The minimum atomic E-state index is -1.17. The highest BCUT2D eigenvalue weighted by molar-refractivity contribution is 5.76. The van der Waals surface area contributed by atoms with Crippen LogP contribution >= 0.6 is 0 Å². The van der Waals surface area contributed by atoms with Gasteiger partial charge in [0.05, 0.1) is 40.6 Å². The number of nitro benzene ring substituents is 3. The van der Waals surface area contributed by atoms with Crippen LogP contribution in [0.25, 0.3) is 0 Å². The summed E-state index contributed by atoms with van der Waals surface area (Å²) in [6.45, 7) is 1.69. The fourth-order valence-corrected chi connectivity index (χ4v) is 1.49. The van der Waals surface area contributed by atoms with E-state index in [-0.39, 0.29) is 11.6 Å². The van der Waals surface area contributed by atoms with E-state index < -0.39 is 47.6 Å². The lowest BCUT2D eigenvalue weighted by Gasteiger charge is -2.08. The van der Waals surface area contributed by atoms with E-state index in [2.05, 4.69) is 4.84 Å². The SMILES string of the molecule is CCO[N+](=O)[O-].CN(c1c([N+](=O)[O-])cc([N+](=O)[O-])cc1[N+](=O)[O-])[N+](=O)[O-]. The van der Waals surface area contributed by atoms with Gasteiger partial charge >= 0.3 is 11.4 Å². The van der Waals surface area contributed by atoms with Gasteiger partial charge in [-0.1, -0.05) is 5.01 Å². The Hall–Kier alpha value is -4.18. The minimum absolute atomic E-state index is 0.0555. The van der Waals surface area contributed by atoms with Crippen molar-refractivity contribution in [3.63, 3.8) is 0 Å². The molecule has 0 heterocycles. The van der Waals surface area contributed by atoms with Crippen molar-refractivity contribution in [1.29, 1.82) is 0 Å². The van der Waals surface area contributed by atoms with Crippen LogP contribution in [0.5, 0.6) is 0 Å². The Morgan fingerprint density at radius 3 is 1.50 bits per heavy atom. The van der Waals surface area contributed by atoms with Gasteiger partial charge in [0.2, 0.25) is 0 Å². The van der Waals surface area contributed by atoms with Crippen LogP contribution in [-0.2, 0) is 4.84 Å². The average molecular weight is 378 g/mol. The second-order valence-electron chi connectivity index (χ2n) is 4.01. The number of hydrogen-bond donors (Lipinski definition) is 0. The summed E-state index contributed by atoms with van der Waals surface area (Å²) in [5.41, 5.74) is -4.07. The molecule has 0 N–H and O–H groups in total. The lowest BCUT2D eigenvalue weighted by molar-refractivity contribution is -0.756. The summed E-state index contributed by atoms with van der Waals surface area (Å²) in [4.78, 5) is 52.3. The number of nitrogens with zero attached hydrogens (tertiary/aromatic N) is 6. The first-order valence-electron chi connectivity index (χ1n) is 6.20. The molecular weight excluding hydrogens is 368 g/mol. The number of hydrazine groups is 1. The number of non-ortho nitro benzene ring substituents is 1. The van der Waals surface area contributed by atoms with Crippen molar-refractivity contribution in [1.82, 2.24) is 0 Å². The van der Waals surface area contributed by atoms with Crippen molar-refractivity contribution >= 4 is 22.7 Å². The minimum Gasteiger partial charge on any atom is -0.314 e. The smallest absolute Gasteiger partial charge is 0.312 e. The zero-order chi connectivity index (χ0) is 20.6. The molecule has 0 atom stereocenters. The first kappa shape index (κ1) is 21.8. The zero-order valence-electron chi connectivity index (χ0n) is 13.0. The first-order valence-corrected chi connectivity index (χ1v) is 6.20. The van der Waals surface area contributed by atoms with Gasteiger partial charge in [0.15, 0.2) is 5.03 Å². The van der Waals surface area contributed by atoms with Crippen molar-refractivity contribution < 1.29 is 29.7 Å². The summed E-state index contributed by atoms with van der Waals surface area (Å²) in [5, 5.41) is 50.1. The van der Waals surface area contributed by atoms with Crippen molar-refractivity contribution in [2.24, 2.45) is 0 Å². The van der Waals surface area contributed by atoms with Gasteiger partial charge < -0.3 is 4.84 Å². The van der Waals surface area contributed by atoms with E-state index in [1.807, 2.05) is 0 Å². The van der Waals surface area contributed by atoms with Crippen molar-refractivity contribution in [3.05, 3.63) is 62.7 Å². The van der Waals surface area contributed by atoms with Crippen molar-refractivity contribution in [2.45, 2.75) is 6.92 Å². The maximum absolute atomic E-state index is 10.8. The van der Waals surface area contributed by atoms with E-state index in [9.17, 15) is 50.6 Å². The van der Waals surface area contributed by atoms with Gasteiger partial charge in [-0.15, -0.1) is 10.1 Å². The largest absolute Gasteiger partial charge is 0.314 e. The Morgan fingerprint density at radius 1 is 0.885 bits per heavy atom. The molecule has 1 aromatic carbocycles. The summed E-state index contributed by atoms with van der Waals surface area (Å²) in [6.07, 6.45) is 0. The molecule has 0 saturated carbocycles. The maximum Gasteiger partial charge on any atom is 0.312 e. The van der Waals surface area contributed by atoms with E-state index in [0.29, 0.717) is 12.1 Å². The van der Waals surface area contributed by atoms with Crippen LogP contribution in [0.2, 0.25) is 0 Å². The lowest BCUT2D eigenvalue weighted by atomic mass is 10.2. The van der Waals surface area contributed by atoms with Gasteiger partial charge in [-0.05, 0) is 6.92 Å². The summed E-state index contributed by atoms with van der Waals surface area (Å²) in [7, 11) is 0.751. The standard InChI is InChI=1S/C7H5N5O8.C2H5NO3/c1-8(12(19)20)7-5(10(15)16)2-4(9(13)14)3-6(7)11(17)18;1-2-6-3(4)5/h2-3H,1H3;2H2,1H3. The number of nitro groups is 4. The van der Waals surface area contributed by atoms with Crippen LogP contribution in [0.1, 0.15) is 6.92 Å². The highest BCUT2D eigenvalue weighted by Crippen LogP contribution is 2.40. The maximum atomic E-state index is 10.8. The van der Waals surface area contributed by atoms with Crippen LogP contribution in [0, 0.1) is 50.6 Å². The predicted molar refractivity (Wildman–Crippen MR) is 80.4 cm³/mol. The fourth-order valence-electron chi connectivity index (χ4n) is 1.49. The Balaban J connectivity index is 0.000000896. The van der Waals surface area contributed by atoms with E-state index >= 15 is 0 Å². The molecule has 0 aromatic heterocycles. The molecule has 17 heteroatoms. The van der Waals surface area contributed by atoms with Crippen LogP contribution in [-0.4, -0.2) is 38.5 Å². The van der Waals surface area contributed by atoms with Crippen molar-refractivity contribution in [2.75, 3.05) is 18.7 Å². The second-order valence-corrected chi connectivity index (χ2v) is 4.01. The summed E-state index contributed by atoms with van der Waals surface area (Å²) < 4.78 is 0. The summed E-state index contributed by atoms with van der Waals surface area (Å²) in [5.74, 6) is 0. The van der Waals surface area contributed by atoms with E-state index in [1.54, 1.807) is 6.92 Å². The molecule has 0 spiro atoms. The molecule has 0 bridgehead atoms. The number of hydrogen-bond acceptors (Lipinski definition) is 11. The van der Waals surface area contributed by atoms with E-state index in [1.165, 1.54) is 0 Å². The average Bonchev–Trinajstić information content (AvgIpc) is 2.52. The molecule has 26 heavy (non-hydrogen) atoms. The Morgan fingerprint density at radius 2 is 1.31 bits per heavy atom. The van der Waals surface area contributed by atoms with Gasteiger partial charge in [-0.2, -0.15) is 0 Å². The van der Waals surface area contributed by atoms with Crippen LogP contribution in [0.15, 0.2) is 12.1 Å². The Labute approximate surface area is 142 Å². The van der Waals surface area contributed by atoms with Crippen molar-refractivity contribution in [3.8, 4) is 0 Å². The number of benzene rings is 1. The molecule has 1 rings (SSSR count). The van der Waals surface area contributed by atoms with Gasteiger partial charge in [0.1, 0.15) is 0 Å². The molecule has 0 unspecified atom stereocenters. The van der Waals surface area contributed by atoms with Crippen LogP contribution in [0.4, 0.5) is 22.7 Å². The predicted octanol–water partition coefficient (Wildman–Crippen LogP) is 1.25. The monoisotopic (exact) mass is 378 g/mol. The number of anilines is 1. The zero-order valence-corrected chi connectivity index (χ0v) is 13.0. The van der Waals surface area contributed by atoms with Crippen LogP contribution in [0.3, 0.4) is 0 Å². The Bertz CT molecular complexity index is 715. The third-order valence-corrected chi connectivity index (χ3v) is 2.46. The highest BCUT2D eigenvalue weighted by Gasteiger charge is 2.37. The third kappa shape index (κ3) is 5.79. The number of rotatable bonds is 7. The fraction of sp³-hybridized carbons (Fsp3) is 0.333. The first-order chi connectivity index (χ1) is 11.9. The summed E-state index contributed by atoms with van der Waals surface area (Å²) in [6, 6.07) is 0.838. The molecule has 0 radical (unpaired) electrons. The lowest BCUT2D eigenvalue weighted by Crippen LogP contribution is -2.26. The molecule has 17 nitrogen and oxygen atoms in total. The molecule has 0 aliphatic rings. The van der Waals surface area contributed by atoms with Gasteiger partial charge in [0, 0.05) is 0 Å². The molecule has 0 aliphatic carbocycles.